The molecule has 4 rings (SSSR count). The molecule has 2 amide bonds. The summed E-state index contributed by atoms with van der Waals surface area (Å²) in [4.78, 5) is 35.4. The van der Waals surface area contributed by atoms with Crippen molar-refractivity contribution in [2.24, 2.45) is 0 Å². The SMILES string of the molecule is CC(C)(C)OC(=O)NC1CCN(c2ccc(NC(=O)c3ccc(Oc4ccccc4)nc3)cn2)C1.[HH]. The molecule has 2 aromatic heterocycles. The molecule has 9 heteroatoms. The van der Waals surface area contributed by atoms with Crippen LogP contribution in [0.5, 0.6) is 11.6 Å². The first-order chi connectivity index (χ1) is 16.7. The van der Waals surface area contributed by atoms with Crippen molar-refractivity contribution in [1.29, 1.82) is 0 Å². The Balaban J connectivity index is 0.00000361. The minimum Gasteiger partial charge on any atom is -0.444 e. The van der Waals surface area contributed by atoms with Gasteiger partial charge in [-0.25, -0.2) is 14.8 Å². The highest BCUT2D eigenvalue weighted by atomic mass is 16.6. The van der Waals surface area contributed by atoms with Gasteiger partial charge in [0.2, 0.25) is 5.88 Å². The molecule has 184 valence electrons. The van der Waals surface area contributed by atoms with Crippen LogP contribution in [0.4, 0.5) is 16.3 Å². The van der Waals surface area contributed by atoms with Gasteiger partial charge in [0, 0.05) is 26.8 Å². The summed E-state index contributed by atoms with van der Waals surface area (Å²) in [6.07, 6.45) is 3.47. The summed E-state index contributed by atoms with van der Waals surface area (Å²) in [5.74, 6) is 1.57. The zero-order valence-electron chi connectivity index (χ0n) is 20.0. The van der Waals surface area contributed by atoms with Crippen molar-refractivity contribution in [3.8, 4) is 11.6 Å². The van der Waals surface area contributed by atoms with Crippen LogP contribution in [-0.4, -0.2) is 46.7 Å². The number of carbonyl (C=O) groups excluding carboxylic acids is 2. The number of hydrogen-bond acceptors (Lipinski definition) is 7. The van der Waals surface area contributed by atoms with Crippen LogP contribution in [0.1, 0.15) is 39.0 Å². The van der Waals surface area contributed by atoms with E-state index in [0.29, 0.717) is 29.4 Å². The van der Waals surface area contributed by atoms with Gasteiger partial charge in [-0.3, -0.25) is 4.79 Å². The van der Waals surface area contributed by atoms with Crippen LogP contribution in [-0.2, 0) is 4.74 Å². The summed E-state index contributed by atoms with van der Waals surface area (Å²) in [5.41, 5.74) is 0.453. The Hall–Kier alpha value is -4.14. The highest BCUT2D eigenvalue weighted by Crippen LogP contribution is 2.21. The molecule has 2 N–H and O–H groups in total. The number of benzene rings is 1. The van der Waals surface area contributed by atoms with Gasteiger partial charge in [-0.05, 0) is 57.5 Å². The van der Waals surface area contributed by atoms with Gasteiger partial charge in [0.05, 0.1) is 23.5 Å². The molecule has 1 aromatic carbocycles. The Bertz CT molecular complexity index is 1150. The van der Waals surface area contributed by atoms with Gasteiger partial charge in [-0.15, -0.1) is 0 Å². The Morgan fingerprint density at radius 1 is 1.03 bits per heavy atom. The highest BCUT2D eigenvalue weighted by Gasteiger charge is 2.26. The average molecular weight is 478 g/mol. The van der Waals surface area contributed by atoms with Crippen molar-refractivity contribution in [3.63, 3.8) is 0 Å². The number of nitrogens with zero attached hydrogens (tertiary/aromatic N) is 3. The fourth-order valence-electron chi connectivity index (χ4n) is 3.59. The summed E-state index contributed by atoms with van der Waals surface area (Å²) in [6.45, 7) is 6.92. The van der Waals surface area contributed by atoms with E-state index in [1.54, 1.807) is 24.4 Å². The van der Waals surface area contributed by atoms with Gasteiger partial charge >= 0.3 is 6.09 Å². The van der Waals surface area contributed by atoms with E-state index in [1.165, 1.54) is 6.20 Å². The number of anilines is 2. The summed E-state index contributed by atoms with van der Waals surface area (Å²) in [6, 6.07) is 16.3. The van der Waals surface area contributed by atoms with E-state index in [9.17, 15) is 9.59 Å². The number of rotatable bonds is 6. The lowest BCUT2D eigenvalue weighted by atomic mass is 10.2. The average Bonchev–Trinajstić information content (AvgIpc) is 3.27. The second-order valence-corrected chi connectivity index (χ2v) is 9.24. The predicted molar refractivity (Wildman–Crippen MR) is 135 cm³/mol. The van der Waals surface area contributed by atoms with Gasteiger partial charge < -0.3 is 25.0 Å². The number of para-hydroxylation sites is 1. The predicted octanol–water partition coefficient (Wildman–Crippen LogP) is 4.87. The molecule has 3 heterocycles. The van der Waals surface area contributed by atoms with E-state index >= 15 is 0 Å². The number of carbonyl (C=O) groups is 2. The van der Waals surface area contributed by atoms with Crippen molar-refractivity contribution in [3.05, 3.63) is 72.6 Å². The lowest BCUT2D eigenvalue weighted by Crippen LogP contribution is -2.40. The fourth-order valence-corrected chi connectivity index (χ4v) is 3.59. The van der Waals surface area contributed by atoms with Crippen molar-refractivity contribution >= 4 is 23.5 Å². The molecular weight excluding hydrogens is 446 g/mol. The fraction of sp³-hybridized carbons (Fsp3) is 0.308. The van der Waals surface area contributed by atoms with Crippen molar-refractivity contribution in [1.82, 2.24) is 15.3 Å². The Morgan fingerprint density at radius 2 is 1.83 bits per heavy atom. The maximum Gasteiger partial charge on any atom is 0.407 e. The van der Waals surface area contributed by atoms with E-state index in [-0.39, 0.29) is 13.4 Å². The molecule has 1 saturated heterocycles. The molecule has 1 unspecified atom stereocenters. The van der Waals surface area contributed by atoms with E-state index in [1.807, 2.05) is 57.2 Å². The third-order valence-electron chi connectivity index (χ3n) is 5.20. The second-order valence-electron chi connectivity index (χ2n) is 9.24. The van der Waals surface area contributed by atoms with Crippen LogP contribution in [0.25, 0.3) is 0 Å². The maximum absolute atomic E-state index is 12.6. The monoisotopic (exact) mass is 477 g/mol. The molecule has 1 aliphatic heterocycles. The first-order valence-corrected chi connectivity index (χ1v) is 11.5. The van der Waals surface area contributed by atoms with Gasteiger partial charge in [-0.2, -0.15) is 0 Å². The van der Waals surface area contributed by atoms with E-state index in [2.05, 4.69) is 25.5 Å². The number of pyridine rings is 2. The zero-order valence-corrected chi connectivity index (χ0v) is 20.0. The summed E-state index contributed by atoms with van der Waals surface area (Å²) in [5, 5.41) is 5.73. The molecule has 0 aliphatic carbocycles. The molecule has 0 saturated carbocycles. The van der Waals surface area contributed by atoms with Crippen LogP contribution < -0.4 is 20.3 Å². The number of alkyl carbamates (subject to hydrolysis) is 1. The molecule has 3 aromatic rings. The molecule has 0 spiro atoms. The van der Waals surface area contributed by atoms with Crippen LogP contribution in [0.2, 0.25) is 0 Å². The number of hydrogen-bond donors (Lipinski definition) is 2. The molecule has 35 heavy (non-hydrogen) atoms. The topological polar surface area (TPSA) is 106 Å². The quantitative estimate of drug-likeness (QED) is 0.522. The number of ether oxygens (including phenoxy) is 2. The zero-order chi connectivity index (χ0) is 24.8. The number of aromatic nitrogens is 2. The van der Waals surface area contributed by atoms with Crippen LogP contribution in [0.3, 0.4) is 0 Å². The largest absolute Gasteiger partial charge is 0.444 e. The summed E-state index contributed by atoms with van der Waals surface area (Å²) in [7, 11) is 0. The molecule has 0 radical (unpaired) electrons. The Kier molecular flexibility index (Phi) is 7.14. The highest BCUT2D eigenvalue weighted by molar-refractivity contribution is 6.04. The van der Waals surface area contributed by atoms with E-state index in [0.717, 1.165) is 18.8 Å². The van der Waals surface area contributed by atoms with Gasteiger partial charge in [0.15, 0.2) is 0 Å². The summed E-state index contributed by atoms with van der Waals surface area (Å²) >= 11 is 0. The van der Waals surface area contributed by atoms with E-state index in [4.69, 9.17) is 9.47 Å². The van der Waals surface area contributed by atoms with Crippen molar-refractivity contribution in [2.45, 2.75) is 38.8 Å². The minimum atomic E-state index is -0.530. The Labute approximate surface area is 206 Å². The minimum absolute atomic E-state index is 0. The van der Waals surface area contributed by atoms with Gasteiger partial charge in [-0.1, -0.05) is 18.2 Å². The van der Waals surface area contributed by atoms with Crippen LogP contribution >= 0.6 is 0 Å². The van der Waals surface area contributed by atoms with Gasteiger partial charge in [0.25, 0.3) is 5.91 Å². The molecular formula is C26H31N5O4. The molecule has 1 aliphatic rings. The molecule has 0 bridgehead atoms. The lowest BCUT2D eigenvalue weighted by molar-refractivity contribution is 0.0509. The number of nitrogens with one attached hydrogen (secondary N) is 2. The van der Waals surface area contributed by atoms with Crippen LogP contribution in [0, 0.1) is 0 Å². The first kappa shape index (κ1) is 24.0. The van der Waals surface area contributed by atoms with E-state index < -0.39 is 11.7 Å². The molecule has 1 fully saturated rings. The third kappa shape index (κ3) is 6.92. The van der Waals surface area contributed by atoms with Gasteiger partial charge in [0.1, 0.15) is 17.2 Å². The van der Waals surface area contributed by atoms with Crippen LogP contribution in [0.15, 0.2) is 67.0 Å². The normalized spacial score (nSPS) is 15.4. The first-order valence-electron chi connectivity index (χ1n) is 11.5. The standard InChI is InChI=1S/C26H29N5O4.H2/c1-26(2,3)35-25(33)30-20-13-14-31(17-20)22-11-10-19(16-27-22)29-24(32)18-9-12-23(28-15-18)34-21-7-5-4-6-8-21;/h4-12,15-16,20H,13-14,17H2,1-3H3,(H,29,32)(H,30,33);1H. The molecule has 9 nitrogen and oxygen atoms in total. The molecule has 1 atom stereocenters. The Morgan fingerprint density at radius 3 is 2.49 bits per heavy atom. The second kappa shape index (κ2) is 10.4. The smallest absolute Gasteiger partial charge is 0.407 e. The summed E-state index contributed by atoms with van der Waals surface area (Å²) < 4.78 is 11.0. The number of amides is 2. The van der Waals surface area contributed by atoms with Crippen molar-refractivity contribution < 1.29 is 20.5 Å². The lowest BCUT2D eigenvalue weighted by Gasteiger charge is -2.22. The maximum atomic E-state index is 12.6. The van der Waals surface area contributed by atoms with Crippen molar-refractivity contribution in [2.75, 3.05) is 23.3 Å². The third-order valence-corrected chi connectivity index (χ3v) is 5.20.